The summed E-state index contributed by atoms with van der Waals surface area (Å²) in [5.74, 6) is 0.829. The number of rotatable bonds is 4. The molecule has 0 fully saturated rings. The Morgan fingerprint density at radius 3 is 2.53 bits per heavy atom. The molecule has 2 nitrogen and oxygen atoms in total. The minimum atomic E-state index is 0.227. The number of nitrogens with two attached hydrogens (primary N) is 1. The maximum absolute atomic E-state index is 9.37. The molecule has 0 saturated carbocycles. The minimum absolute atomic E-state index is 0.227. The average molecular weight is 259 g/mol. The molecule has 1 aromatic rings. The summed E-state index contributed by atoms with van der Waals surface area (Å²) in [6.45, 7) is 9.06. The zero-order valence-corrected chi connectivity index (χ0v) is 12.5. The zero-order chi connectivity index (χ0) is 14.2. The van der Waals surface area contributed by atoms with E-state index in [4.69, 9.17) is 5.73 Å². The van der Waals surface area contributed by atoms with Gasteiger partial charge >= 0.3 is 0 Å². The third kappa shape index (κ3) is 2.18. The fourth-order valence-corrected chi connectivity index (χ4v) is 3.44. The Bertz CT molecular complexity index is 514. The first-order chi connectivity index (χ1) is 9.02. The van der Waals surface area contributed by atoms with Crippen molar-refractivity contribution >= 4 is 11.3 Å². The van der Waals surface area contributed by atoms with Crippen molar-refractivity contribution in [3.05, 3.63) is 34.4 Å². The molecule has 104 valence electrons. The van der Waals surface area contributed by atoms with Crippen LogP contribution in [0, 0.1) is 0 Å². The summed E-state index contributed by atoms with van der Waals surface area (Å²) in [6, 6.07) is 4.20. The Morgan fingerprint density at radius 2 is 2.00 bits per heavy atom. The zero-order valence-electron chi connectivity index (χ0n) is 12.5. The van der Waals surface area contributed by atoms with Crippen molar-refractivity contribution in [2.75, 3.05) is 12.3 Å². The molecular weight excluding hydrogens is 234 g/mol. The lowest BCUT2D eigenvalue weighted by Crippen LogP contribution is -2.06. The number of nitrogen functional groups attached to an aromatic ring is 1. The third-order valence-corrected chi connectivity index (χ3v) is 4.35. The normalized spacial score (nSPS) is 18.3. The molecule has 1 unspecified atom stereocenters. The van der Waals surface area contributed by atoms with E-state index in [1.165, 1.54) is 27.8 Å². The molecule has 2 rings (SSSR count). The van der Waals surface area contributed by atoms with Gasteiger partial charge in [-0.25, -0.2) is 0 Å². The van der Waals surface area contributed by atoms with Crippen molar-refractivity contribution in [2.45, 2.75) is 52.4 Å². The molecule has 2 heteroatoms. The van der Waals surface area contributed by atoms with E-state index >= 15 is 0 Å². The standard InChI is InChI=1S/C17H25NO/c1-5-12-11(4)14(8-9-19)16-13(10(2)3)6-7-15(18)17(12)16/h6-7,10,14,19H,5,8-9,18H2,1-4H3. The van der Waals surface area contributed by atoms with Gasteiger partial charge in [-0.2, -0.15) is 0 Å². The van der Waals surface area contributed by atoms with E-state index in [-0.39, 0.29) is 6.61 Å². The first kappa shape index (κ1) is 14.1. The van der Waals surface area contributed by atoms with Gasteiger partial charge in [0.15, 0.2) is 0 Å². The van der Waals surface area contributed by atoms with Crippen LogP contribution in [-0.4, -0.2) is 11.7 Å². The summed E-state index contributed by atoms with van der Waals surface area (Å²) in [6.07, 6.45) is 1.80. The highest BCUT2D eigenvalue weighted by Gasteiger charge is 2.31. The van der Waals surface area contributed by atoms with Crippen LogP contribution in [0.2, 0.25) is 0 Å². The predicted molar refractivity (Wildman–Crippen MR) is 82.3 cm³/mol. The van der Waals surface area contributed by atoms with Crippen LogP contribution in [0.1, 0.15) is 69.1 Å². The Morgan fingerprint density at radius 1 is 1.32 bits per heavy atom. The van der Waals surface area contributed by atoms with Crippen LogP contribution in [0.25, 0.3) is 5.57 Å². The smallest absolute Gasteiger partial charge is 0.0439 e. The fraction of sp³-hybridized carbons (Fsp3) is 0.529. The number of aliphatic hydroxyl groups excluding tert-OH is 1. The van der Waals surface area contributed by atoms with Crippen molar-refractivity contribution in [1.82, 2.24) is 0 Å². The van der Waals surface area contributed by atoms with Crippen LogP contribution in [0.5, 0.6) is 0 Å². The molecule has 1 atom stereocenters. The summed E-state index contributed by atoms with van der Waals surface area (Å²) < 4.78 is 0. The van der Waals surface area contributed by atoms with Crippen molar-refractivity contribution in [3.63, 3.8) is 0 Å². The highest BCUT2D eigenvalue weighted by atomic mass is 16.3. The number of hydrogen-bond acceptors (Lipinski definition) is 2. The number of aliphatic hydroxyl groups is 1. The van der Waals surface area contributed by atoms with Crippen LogP contribution in [0.3, 0.4) is 0 Å². The van der Waals surface area contributed by atoms with E-state index in [1.54, 1.807) is 0 Å². The second kappa shape index (κ2) is 5.38. The molecule has 0 heterocycles. The van der Waals surface area contributed by atoms with Crippen LogP contribution < -0.4 is 5.73 Å². The van der Waals surface area contributed by atoms with Crippen molar-refractivity contribution in [3.8, 4) is 0 Å². The van der Waals surface area contributed by atoms with Crippen molar-refractivity contribution in [2.24, 2.45) is 0 Å². The van der Waals surface area contributed by atoms with E-state index in [0.29, 0.717) is 11.8 Å². The van der Waals surface area contributed by atoms with Gasteiger partial charge in [0, 0.05) is 23.8 Å². The van der Waals surface area contributed by atoms with E-state index in [0.717, 1.165) is 18.5 Å². The second-order valence-electron chi connectivity index (χ2n) is 5.77. The van der Waals surface area contributed by atoms with Gasteiger partial charge in [-0.3, -0.25) is 0 Å². The molecule has 0 saturated heterocycles. The lowest BCUT2D eigenvalue weighted by Gasteiger charge is -2.20. The highest BCUT2D eigenvalue weighted by Crippen LogP contribution is 2.49. The summed E-state index contributed by atoms with van der Waals surface area (Å²) in [7, 11) is 0. The molecule has 0 spiro atoms. The Balaban J connectivity index is 2.68. The van der Waals surface area contributed by atoms with Gasteiger partial charge < -0.3 is 10.8 Å². The SMILES string of the molecule is CCC1=C(C)C(CCO)c2c(C(C)C)ccc(N)c21. The highest BCUT2D eigenvalue weighted by molar-refractivity contribution is 5.86. The monoisotopic (exact) mass is 259 g/mol. The number of benzene rings is 1. The maximum Gasteiger partial charge on any atom is 0.0439 e. The first-order valence-corrected chi connectivity index (χ1v) is 7.26. The number of allylic oxidation sites excluding steroid dienone is 2. The predicted octanol–water partition coefficient (Wildman–Crippen LogP) is 4.06. The Hall–Kier alpha value is -1.28. The van der Waals surface area contributed by atoms with Gasteiger partial charge in [0.25, 0.3) is 0 Å². The summed E-state index contributed by atoms with van der Waals surface area (Å²) in [4.78, 5) is 0. The lowest BCUT2D eigenvalue weighted by atomic mass is 9.85. The van der Waals surface area contributed by atoms with Gasteiger partial charge in [-0.1, -0.05) is 32.4 Å². The number of hydrogen-bond donors (Lipinski definition) is 2. The largest absolute Gasteiger partial charge is 0.398 e. The van der Waals surface area contributed by atoms with Crippen molar-refractivity contribution < 1.29 is 5.11 Å². The van der Waals surface area contributed by atoms with Gasteiger partial charge in [-0.15, -0.1) is 0 Å². The molecule has 1 aromatic carbocycles. The van der Waals surface area contributed by atoms with Gasteiger partial charge in [0.1, 0.15) is 0 Å². The van der Waals surface area contributed by atoms with E-state index in [9.17, 15) is 5.11 Å². The summed E-state index contributed by atoms with van der Waals surface area (Å²) >= 11 is 0. The molecular formula is C17H25NO. The molecule has 0 bridgehead atoms. The van der Waals surface area contributed by atoms with Crippen LogP contribution in [0.15, 0.2) is 17.7 Å². The number of anilines is 1. The van der Waals surface area contributed by atoms with Gasteiger partial charge in [0.05, 0.1) is 0 Å². The molecule has 0 amide bonds. The van der Waals surface area contributed by atoms with Gasteiger partial charge in [-0.05, 0) is 48.4 Å². The molecule has 1 aliphatic carbocycles. The average Bonchev–Trinajstić information content (AvgIpc) is 2.64. The Labute approximate surface area is 116 Å². The van der Waals surface area contributed by atoms with Crippen LogP contribution in [-0.2, 0) is 0 Å². The quantitative estimate of drug-likeness (QED) is 0.801. The first-order valence-electron chi connectivity index (χ1n) is 7.26. The van der Waals surface area contributed by atoms with E-state index < -0.39 is 0 Å². The minimum Gasteiger partial charge on any atom is -0.398 e. The third-order valence-electron chi connectivity index (χ3n) is 4.35. The lowest BCUT2D eigenvalue weighted by molar-refractivity contribution is 0.281. The van der Waals surface area contributed by atoms with Crippen molar-refractivity contribution in [1.29, 1.82) is 0 Å². The molecule has 1 aliphatic rings. The van der Waals surface area contributed by atoms with Gasteiger partial charge in [0.2, 0.25) is 0 Å². The molecule has 0 radical (unpaired) electrons. The second-order valence-corrected chi connectivity index (χ2v) is 5.77. The summed E-state index contributed by atoms with van der Waals surface area (Å²) in [5.41, 5.74) is 13.9. The van der Waals surface area contributed by atoms with Crippen LogP contribution >= 0.6 is 0 Å². The maximum atomic E-state index is 9.37. The summed E-state index contributed by atoms with van der Waals surface area (Å²) in [5, 5.41) is 9.37. The fourth-order valence-electron chi connectivity index (χ4n) is 3.44. The molecule has 0 aromatic heterocycles. The molecule has 19 heavy (non-hydrogen) atoms. The molecule has 0 aliphatic heterocycles. The number of fused-ring (bicyclic) bond motifs is 1. The Kier molecular flexibility index (Phi) is 4.00. The van der Waals surface area contributed by atoms with E-state index in [1.807, 2.05) is 6.07 Å². The van der Waals surface area contributed by atoms with E-state index in [2.05, 4.69) is 33.8 Å². The van der Waals surface area contributed by atoms with Crippen LogP contribution in [0.4, 0.5) is 5.69 Å². The topological polar surface area (TPSA) is 46.2 Å². The molecule has 3 N–H and O–H groups in total.